The molecule has 0 aliphatic carbocycles. The van der Waals surface area contributed by atoms with Gasteiger partial charge in [0.25, 0.3) is 0 Å². The molecule has 3 aromatic rings. The first-order valence-corrected chi connectivity index (χ1v) is 10.8. The van der Waals surface area contributed by atoms with Gasteiger partial charge in [-0.3, -0.25) is 4.79 Å². The average Bonchev–Trinajstić information content (AvgIpc) is 3.19. The fraction of sp³-hybridized carbons (Fsp3) is 0.348. The van der Waals surface area contributed by atoms with Crippen molar-refractivity contribution in [2.75, 3.05) is 7.05 Å². The number of thiazole rings is 1. The monoisotopic (exact) mass is 425 g/mol. The number of hydrogen-bond donors (Lipinski definition) is 1. The van der Waals surface area contributed by atoms with Gasteiger partial charge in [-0.25, -0.2) is 9.78 Å². The van der Waals surface area contributed by atoms with Crippen LogP contribution in [0.25, 0.3) is 10.2 Å². The van der Waals surface area contributed by atoms with Gasteiger partial charge in [0.05, 0.1) is 16.3 Å². The SMILES string of the molecule is CC(C)[C@H](NC(=O)OCc1ccccc1)C(=O)N(C)[C@@H](C)c1nc2ccccc2s1. The van der Waals surface area contributed by atoms with Crippen LogP contribution in [0.4, 0.5) is 4.79 Å². The predicted octanol–water partition coefficient (Wildman–Crippen LogP) is 4.77. The van der Waals surface area contributed by atoms with Crippen molar-refractivity contribution in [2.24, 2.45) is 5.92 Å². The Balaban J connectivity index is 1.65. The molecule has 0 aliphatic heterocycles. The Bertz CT molecular complexity index is 970. The minimum atomic E-state index is -0.685. The Morgan fingerprint density at radius 1 is 1.07 bits per heavy atom. The van der Waals surface area contributed by atoms with Crippen molar-refractivity contribution in [3.05, 3.63) is 65.2 Å². The lowest BCUT2D eigenvalue weighted by Gasteiger charge is -2.30. The molecule has 0 spiro atoms. The Morgan fingerprint density at radius 3 is 2.40 bits per heavy atom. The summed E-state index contributed by atoms with van der Waals surface area (Å²) in [4.78, 5) is 31.8. The summed E-state index contributed by atoms with van der Waals surface area (Å²) in [5.74, 6) is -0.264. The van der Waals surface area contributed by atoms with E-state index in [1.807, 2.05) is 75.4 Å². The molecule has 1 aromatic heterocycles. The number of amides is 2. The zero-order valence-corrected chi connectivity index (χ0v) is 18.5. The summed E-state index contributed by atoms with van der Waals surface area (Å²) in [6, 6.07) is 16.4. The standard InChI is InChI=1S/C23H27N3O3S/c1-15(2)20(25-23(28)29-14-17-10-6-5-7-11-17)22(27)26(4)16(3)21-24-18-12-8-9-13-19(18)30-21/h5-13,15-16,20H,14H2,1-4H3,(H,25,28)/t16-,20-/m0/s1. The number of carbonyl (C=O) groups is 2. The van der Waals surface area contributed by atoms with Gasteiger partial charge < -0.3 is 15.0 Å². The van der Waals surface area contributed by atoms with E-state index in [0.29, 0.717) is 0 Å². The lowest BCUT2D eigenvalue weighted by Crippen LogP contribution is -2.50. The Hall–Kier alpha value is -2.93. The zero-order chi connectivity index (χ0) is 21.7. The molecule has 158 valence electrons. The summed E-state index contributed by atoms with van der Waals surface area (Å²) in [5.41, 5.74) is 1.81. The first-order chi connectivity index (χ1) is 14.4. The molecule has 2 amide bonds. The highest BCUT2D eigenvalue weighted by Gasteiger charge is 2.31. The minimum Gasteiger partial charge on any atom is -0.445 e. The quantitative estimate of drug-likeness (QED) is 0.592. The zero-order valence-electron chi connectivity index (χ0n) is 17.7. The molecule has 2 atom stereocenters. The normalized spacial score (nSPS) is 13.1. The van der Waals surface area contributed by atoms with Gasteiger partial charge in [0.15, 0.2) is 0 Å². The van der Waals surface area contributed by atoms with E-state index in [-0.39, 0.29) is 24.5 Å². The summed E-state index contributed by atoms with van der Waals surface area (Å²) in [6.45, 7) is 5.90. The van der Waals surface area contributed by atoms with Gasteiger partial charge in [-0.05, 0) is 30.5 Å². The van der Waals surface area contributed by atoms with Gasteiger partial charge in [0, 0.05) is 7.05 Å². The van der Waals surface area contributed by atoms with Crippen LogP contribution in [0.5, 0.6) is 0 Å². The number of nitrogens with zero attached hydrogens (tertiary/aromatic N) is 2. The molecule has 0 aliphatic rings. The van der Waals surface area contributed by atoms with Crippen molar-refractivity contribution in [1.82, 2.24) is 15.2 Å². The van der Waals surface area contributed by atoms with E-state index in [0.717, 1.165) is 20.8 Å². The van der Waals surface area contributed by atoms with Gasteiger partial charge in [0.1, 0.15) is 17.7 Å². The van der Waals surface area contributed by atoms with Crippen molar-refractivity contribution >= 4 is 33.6 Å². The van der Waals surface area contributed by atoms with E-state index < -0.39 is 12.1 Å². The second-order valence-corrected chi connectivity index (χ2v) is 8.63. The predicted molar refractivity (Wildman–Crippen MR) is 119 cm³/mol. The topological polar surface area (TPSA) is 71.5 Å². The molecule has 2 aromatic carbocycles. The molecule has 7 heteroatoms. The number of ether oxygens (including phenoxy) is 1. The van der Waals surface area contributed by atoms with Crippen molar-refractivity contribution in [3.8, 4) is 0 Å². The number of alkyl carbamates (subject to hydrolysis) is 1. The third-order valence-electron chi connectivity index (χ3n) is 5.02. The Kier molecular flexibility index (Phi) is 7.05. The van der Waals surface area contributed by atoms with Crippen LogP contribution in [0.2, 0.25) is 0 Å². The van der Waals surface area contributed by atoms with Crippen LogP contribution in [-0.4, -0.2) is 35.0 Å². The number of carbonyl (C=O) groups excluding carboxylic acids is 2. The van der Waals surface area contributed by atoms with Crippen LogP contribution in [-0.2, 0) is 16.1 Å². The van der Waals surface area contributed by atoms with Crippen LogP contribution in [0.1, 0.15) is 37.4 Å². The van der Waals surface area contributed by atoms with Gasteiger partial charge in [-0.2, -0.15) is 0 Å². The van der Waals surface area contributed by atoms with E-state index in [1.165, 1.54) is 0 Å². The number of benzene rings is 2. The lowest BCUT2D eigenvalue weighted by atomic mass is 10.0. The third kappa shape index (κ3) is 5.16. The van der Waals surface area contributed by atoms with Crippen molar-refractivity contribution < 1.29 is 14.3 Å². The number of nitrogens with one attached hydrogen (secondary N) is 1. The average molecular weight is 426 g/mol. The first-order valence-electron chi connectivity index (χ1n) is 9.96. The molecule has 1 N–H and O–H groups in total. The maximum atomic E-state index is 13.2. The van der Waals surface area contributed by atoms with Crippen molar-refractivity contribution in [3.63, 3.8) is 0 Å². The van der Waals surface area contributed by atoms with Crippen LogP contribution in [0.3, 0.4) is 0 Å². The molecule has 0 bridgehead atoms. The van der Waals surface area contributed by atoms with Crippen molar-refractivity contribution in [1.29, 1.82) is 0 Å². The number of rotatable bonds is 7. The molecule has 6 nitrogen and oxygen atoms in total. The third-order valence-corrected chi connectivity index (χ3v) is 6.22. The summed E-state index contributed by atoms with van der Waals surface area (Å²) in [5, 5.41) is 3.59. The first kappa shape index (κ1) is 21.8. The maximum absolute atomic E-state index is 13.2. The fourth-order valence-electron chi connectivity index (χ4n) is 3.05. The number of fused-ring (bicyclic) bond motifs is 1. The van der Waals surface area contributed by atoms with Gasteiger partial charge in [-0.1, -0.05) is 56.3 Å². The number of para-hydroxylation sites is 1. The van der Waals surface area contributed by atoms with E-state index >= 15 is 0 Å². The number of aromatic nitrogens is 1. The molecule has 3 rings (SSSR count). The summed E-state index contributed by atoms with van der Waals surface area (Å²) in [7, 11) is 1.74. The van der Waals surface area contributed by atoms with E-state index in [2.05, 4.69) is 10.3 Å². The highest BCUT2D eigenvalue weighted by molar-refractivity contribution is 7.18. The second kappa shape index (κ2) is 9.71. The van der Waals surface area contributed by atoms with Gasteiger partial charge in [-0.15, -0.1) is 11.3 Å². The van der Waals surface area contributed by atoms with E-state index in [4.69, 9.17) is 4.74 Å². The highest BCUT2D eigenvalue weighted by Crippen LogP contribution is 2.29. The number of likely N-dealkylation sites (N-methyl/N-ethyl adjacent to an activating group) is 1. The van der Waals surface area contributed by atoms with Crippen molar-refractivity contribution in [2.45, 2.75) is 39.5 Å². The van der Waals surface area contributed by atoms with Crippen LogP contribution >= 0.6 is 11.3 Å². The molecular formula is C23H27N3O3S. The molecule has 0 unspecified atom stereocenters. The fourth-order valence-corrected chi connectivity index (χ4v) is 4.11. The molecule has 0 radical (unpaired) electrons. The minimum absolute atomic E-state index is 0.0909. The molecular weight excluding hydrogens is 398 g/mol. The molecule has 0 saturated carbocycles. The summed E-state index contributed by atoms with van der Waals surface area (Å²) >= 11 is 1.57. The van der Waals surface area contributed by atoms with Crippen LogP contribution in [0.15, 0.2) is 54.6 Å². The molecule has 30 heavy (non-hydrogen) atoms. The van der Waals surface area contributed by atoms with E-state index in [1.54, 1.807) is 23.3 Å². The number of hydrogen-bond acceptors (Lipinski definition) is 5. The van der Waals surface area contributed by atoms with E-state index in [9.17, 15) is 9.59 Å². The van der Waals surface area contributed by atoms with Crippen LogP contribution in [0, 0.1) is 5.92 Å². The molecule has 0 fully saturated rings. The largest absolute Gasteiger partial charge is 0.445 e. The Morgan fingerprint density at radius 2 is 1.73 bits per heavy atom. The summed E-state index contributed by atoms with van der Waals surface area (Å²) in [6.07, 6.45) is -0.605. The van der Waals surface area contributed by atoms with Gasteiger partial charge in [0.2, 0.25) is 5.91 Å². The summed E-state index contributed by atoms with van der Waals surface area (Å²) < 4.78 is 6.38. The van der Waals surface area contributed by atoms with Crippen LogP contribution < -0.4 is 5.32 Å². The Labute approximate surface area is 180 Å². The lowest BCUT2D eigenvalue weighted by molar-refractivity contribution is -0.135. The molecule has 0 saturated heterocycles. The second-order valence-electron chi connectivity index (χ2n) is 7.57. The van der Waals surface area contributed by atoms with Gasteiger partial charge >= 0.3 is 6.09 Å². The molecule has 1 heterocycles. The maximum Gasteiger partial charge on any atom is 0.408 e. The highest BCUT2D eigenvalue weighted by atomic mass is 32.1. The smallest absolute Gasteiger partial charge is 0.408 e.